The van der Waals surface area contributed by atoms with E-state index in [9.17, 15) is 12.8 Å². The number of sulfone groups is 1. The molecule has 2 aromatic rings. The van der Waals surface area contributed by atoms with Gasteiger partial charge in [-0.15, -0.1) is 0 Å². The van der Waals surface area contributed by atoms with Crippen LogP contribution in [0.5, 0.6) is 5.75 Å². The SMILES string of the molecule is NCc1ccc2c(c1)S(=O)(=O)C(COc1ccccc1F)=C2. The molecule has 2 N–H and O–H groups in total. The van der Waals surface area contributed by atoms with E-state index in [0.717, 1.165) is 5.56 Å². The van der Waals surface area contributed by atoms with Gasteiger partial charge in [0, 0.05) is 6.54 Å². The Balaban J connectivity index is 1.86. The molecule has 2 aromatic carbocycles. The van der Waals surface area contributed by atoms with Crippen LogP contribution in [0.3, 0.4) is 0 Å². The molecule has 0 saturated carbocycles. The summed E-state index contributed by atoms with van der Waals surface area (Å²) >= 11 is 0. The third-order valence-electron chi connectivity index (χ3n) is 3.47. The highest BCUT2D eigenvalue weighted by Crippen LogP contribution is 2.33. The second-order valence-electron chi connectivity index (χ2n) is 4.91. The van der Waals surface area contributed by atoms with E-state index in [1.54, 1.807) is 30.3 Å². The fraction of sp³-hybridized carbons (Fsp3) is 0.125. The van der Waals surface area contributed by atoms with E-state index in [2.05, 4.69) is 0 Å². The molecular formula is C16H14FNO3S. The molecule has 0 aromatic heterocycles. The molecule has 0 spiro atoms. The van der Waals surface area contributed by atoms with Gasteiger partial charge in [-0.2, -0.15) is 0 Å². The van der Waals surface area contributed by atoms with Crippen LogP contribution in [-0.4, -0.2) is 15.0 Å². The van der Waals surface area contributed by atoms with Crippen molar-refractivity contribution in [1.82, 2.24) is 0 Å². The Morgan fingerprint density at radius 3 is 2.64 bits per heavy atom. The molecule has 3 rings (SSSR count). The van der Waals surface area contributed by atoms with E-state index in [1.807, 2.05) is 0 Å². The van der Waals surface area contributed by atoms with Crippen LogP contribution >= 0.6 is 0 Å². The number of nitrogens with two attached hydrogens (primary N) is 1. The van der Waals surface area contributed by atoms with E-state index >= 15 is 0 Å². The van der Waals surface area contributed by atoms with Gasteiger partial charge < -0.3 is 10.5 Å². The molecule has 0 radical (unpaired) electrons. The number of rotatable bonds is 4. The van der Waals surface area contributed by atoms with Crippen molar-refractivity contribution in [2.45, 2.75) is 11.4 Å². The monoisotopic (exact) mass is 319 g/mol. The molecule has 0 amide bonds. The summed E-state index contributed by atoms with van der Waals surface area (Å²) in [6.07, 6.45) is 1.55. The average molecular weight is 319 g/mol. The smallest absolute Gasteiger partial charge is 0.206 e. The molecule has 0 fully saturated rings. The van der Waals surface area contributed by atoms with Gasteiger partial charge >= 0.3 is 0 Å². The van der Waals surface area contributed by atoms with Gasteiger partial charge in [0.1, 0.15) is 6.61 Å². The summed E-state index contributed by atoms with van der Waals surface area (Å²) in [5.74, 6) is -0.501. The summed E-state index contributed by atoms with van der Waals surface area (Å²) in [7, 11) is -3.60. The first kappa shape index (κ1) is 14.7. The first-order valence-electron chi connectivity index (χ1n) is 6.68. The van der Waals surface area contributed by atoms with Crippen molar-refractivity contribution in [1.29, 1.82) is 0 Å². The van der Waals surface area contributed by atoms with Crippen molar-refractivity contribution in [3.05, 3.63) is 64.3 Å². The topological polar surface area (TPSA) is 69.4 Å². The Morgan fingerprint density at radius 1 is 1.14 bits per heavy atom. The fourth-order valence-corrected chi connectivity index (χ4v) is 3.80. The molecule has 1 aliphatic rings. The zero-order chi connectivity index (χ0) is 15.7. The van der Waals surface area contributed by atoms with Crippen LogP contribution in [0.4, 0.5) is 4.39 Å². The van der Waals surface area contributed by atoms with Gasteiger partial charge in [-0.1, -0.05) is 24.3 Å². The number of halogens is 1. The zero-order valence-corrected chi connectivity index (χ0v) is 12.4. The highest BCUT2D eigenvalue weighted by Gasteiger charge is 2.30. The summed E-state index contributed by atoms with van der Waals surface area (Å²) < 4.78 is 43.8. The average Bonchev–Trinajstić information content (AvgIpc) is 2.77. The second kappa shape index (κ2) is 5.55. The van der Waals surface area contributed by atoms with Gasteiger partial charge in [-0.25, -0.2) is 12.8 Å². The van der Waals surface area contributed by atoms with Crippen LogP contribution in [0.15, 0.2) is 52.3 Å². The third-order valence-corrected chi connectivity index (χ3v) is 5.33. The molecule has 0 saturated heterocycles. The van der Waals surface area contributed by atoms with Crippen LogP contribution in [0.1, 0.15) is 11.1 Å². The summed E-state index contributed by atoms with van der Waals surface area (Å²) in [5, 5.41) is 0. The summed E-state index contributed by atoms with van der Waals surface area (Å²) in [4.78, 5) is 0.336. The van der Waals surface area contributed by atoms with E-state index in [-0.39, 0.29) is 28.7 Å². The van der Waals surface area contributed by atoms with Gasteiger partial charge in [-0.05, 0) is 35.4 Å². The molecule has 4 nitrogen and oxygen atoms in total. The van der Waals surface area contributed by atoms with Gasteiger partial charge in [0.25, 0.3) is 0 Å². The Bertz CT molecular complexity index is 859. The largest absolute Gasteiger partial charge is 0.485 e. The summed E-state index contributed by atoms with van der Waals surface area (Å²) in [6.45, 7) is 0.0553. The summed E-state index contributed by atoms with van der Waals surface area (Å²) in [6, 6.07) is 10.9. The lowest BCUT2D eigenvalue weighted by molar-refractivity contribution is 0.338. The van der Waals surface area contributed by atoms with Gasteiger partial charge in [0.2, 0.25) is 9.84 Å². The molecule has 0 unspecified atom stereocenters. The van der Waals surface area contributed by atoms with Crippen LogP contribution in [0.2, 0.25) is 0 Å². The van der Waals surface area contributed by atoms with Crippen molar-refractivity contribution >= 4 is 15.9 Å². The maximum atomic E-state index is 13.5. The highest BCUT2D eigenvalue weighted by molar-refractivity contribution is 7.95. The van der Waals surface area contributed by atoms with Crippen molar-refractivity contribution < 1.29 is 17.5 Å². The molecule has 6 heteroatoms. The lowest BCUT2D eigenvalue weighted by atomic mass is 10.1. The predicted molar refractivity (Wildman–Crippen MR) is 81.4 cm³/mol. The van der Waals surface area contributed by atoms with Gasteiger partial charge in [0.15, 0.2) is 11.6 Å². The normalized spacial score (nSPS) is 15.3. The van der Waals surface area contributed by atoms with Crippen molar-refractivity contribution in [2.24, 2.45) is 5.73 Å². The highest BCUT2D eigenvalue weighted by atomic mass is 32.2. The van der Waals surface area contributed by atoms with Crippen molar-refractivity contribution in [2.75, 3.05) is 6.61 Å². The summed E-state index contributed by atoms with van der Waals surface area (Å²) in [5.41, 5.74) is 6.88. The number of fused-ring (bicyclic) bond motifs is 1. The number of hydrogen-bond acceptors (Lipinski definition) is 4. The molecule has 0 aliphatic carbocycles. The van der Waals surface area contributed by atoms with Crippen molar-refractivity contribution in [3.63, 3.8) is 0 Å². The lowest BCUT2D eigenvalue weighted by Crippen LogP contribution is -2.10. The molecule has 114 valence electrons. The Morgan fingerprint density at radius 2 is 1.91 bits per heavy atom. The van der Waals surface area contributed by atoms with Crippen LogP contribution < -0.4 is 10.5 Å². The number of hydrogen-bond donors (Lipinski definition) is 1. The molecule has 22 heavy (non-hydrogen) atoms. The van der Waals surface area contributed by atoms with E-state index in [4.69, 9.17) is 10.5 Å². The number of para-hydroxylation sites is 1. The molecule has 1 aliphatic heterocycles. The first-order chi connectivity index (χ1) is 10.5. The quantitative estimate of drug-likeness (QED) is 0.940. The van der Waals surface area contributed by atoms with Gasteiger partial charge in [0.05, 0.1) is 9.80 Å². The zero-order valence-electron chi connectivity index (χ0n) is 11.6. The number of benzene rings is 2. The molecule has 1 heterocycles. The van der Waals surface area contributed by atoms with E-state index in [0.29, 0.717) is 5.56 Å². The Hall–Kier alpha value is -2.18. The van der Waals surface area contributed by atoms with Crippen LogP contribution in [-0.2, 0) is 16.4 Å². The minimum absolute atomic E-state index is 0.0252. The maximum absolute atomic E-state index is 13.5. The number of ether oxygens (including phenoxy) is 1. The van der Waals surface area contributed by atoms with E-state index in [1.165, 1.54) is 18.2 Å². The molecule has 0 atom stereocenters. The minimum atomic E-state index is -3.60. The van der Waals surface area contributed by atoms with E-state index < -0.39 is 15.7 Å². The third kappa shape index (κ3) is 2.51. The van der Waals surface area contributed by atoms with Gasteiger partial charge in [-0.3, -0.25) is 0 Å². The lowest BCUT2D eigenvalue weighted by Gasteiger charge is -2.08. The second-order valence-corrected chi connectivity index (χ2v) is 6.88. The fourth-order valence-electron chi connectivity index (χ4n) is 2.28. The molecular weight excluding hydrogens is 305 g/mol. The Kier molecular flexibility index (Phi) is 3.72. The maximum Gasteiger partial charge on any atom is 0.206 e. The standard InChI is InChI=1S/C16H14FNO3S/c17-14-3-1-2-4-15(14)21-10-13-8-12-6-5-11(9-18)7-16(12)22(13,19)20/h1-8H,9-10,18H2. The van der Waals surface area contributed by atoms with Crippen LogP contribution in [0.25, 0.3) is 6.08 Å². The Labute approximate surface area is 127 Å². The molecule has 0 bridgehead atoms. The predicted octanol–water partition coefficient (Wildman–Crippen LogP) is 2.49. The first-order valence-corrected chi connectivity index (χ1v) is 8.16. The van der Waals surface area contributed by atoms with Crippen molar-refractivity contribution in [3.8, 4) is 5.75 Å². The van der Waals surface area contributed by atoms with Crippen LogP contribution in [0, 0.1) is 5.82 Å². The minimum Gasteiger partial charge on any atom is -0.485 e.